The number of nitrogen functional groups attached to an aromatic ring is 1. The van der Waals surface area contributed by atoms with Gasteiger partial charge in [-0.05, 0) is 34.1 Å². The molecule has 0 radical (unpaired) electrons. The van der Waals surface area contributed by atoms with Crippen molar-refractivity contribution in [2.45, 2.75) is 0 Å². The van der Waals surface area contributed by atoms with Crippen LogP contribution in [0.1, 0.15) is 0 Å². The van der Waals surface area contributed by atoms with Gasteiger partial charge in [0.2, 0.25) is 11.8 Å². The Morgan fingerprint density at radius 2 is 2.24 bits per heavy atom. The van der Waals surface area contributed by atoms with E-state index in [1.54, 1.807) is 19.4 Å². The van der Waals surface area contributed by atoms with Gasteiger partial charge in [-0.1, -0.05) is 6.07 Å². The fourth-order valence-corrected chi connectivity index (χ4v) is 1.65. The van der Waals surface area contributed by atoms with Crippen LogP contribution in [0, 0.1) is 0 Å². The number of ether oxygens (including phenoxy) is 1. The van der Waals surface area contributed by atoms with E-state index in [4.69, 9.17) is 10.5 Å². The lowest BCUT2D eigenvalue weighted by atomic mass is 10.3. The van der Waals surface area contributed by atoms with Crippen molar-refractivity contribution in [1.29, 1.82) is 0 Å². The molecule has 3 N–H and O–H groups in total. The molecule has 6 heteroatoms. The number of methoxy groups -OCH3 is 1. The summed E-state index contributed by atoms with van der Waals surface area (Å²) in [4.78, 5) is 8.31. The van der Waals surface area contributed by atoms with Crippen molar-refractivity contribution < 1.29 is 4.74 Å². The third kappa shape index (κ3) is 2.85. The third-order valence-electron chi connectivity index (χ3n) is 2.05. The fourth-order valence-electron chi connectivity index (χ4n) is 1.30. The first kappa shape index (κ1) is 11.7. The highest BCUT2D eigenvalue weighted by molar-refractivity contribution is 9.10. The number of nitrogens with zero attached hydrogens (tertiary/aromatic N) is 2. The molecule has 17 heavy (non-hydrogen) atoms. The topological polar surface area (TPSA) is 73.1 Å². The number of anilines is 3. The molecule has 0 saturated heterocycles. The molecule has 2 aromatic rings. The van der Waals surface area contributed by atoms with Gasteiger partial charge in [-0.3, -0.25) is 0 Å². The summed E-state index contributed by atoms with van der Waals surface area (Å²) in [6.07, 6.45) is 1.63. The Morgan fingerprint density at radius 1 is 1.41 bits per heavy atom. The summed E-state index contributed by atoms with van der Waals surface area (Å²) in [5.74, 6) is 0.932. The maximum Gasteiger partial charge on any atom is 0.232 e. The van der Waals surface area contributed by atoms with Crippen molar-refractivity contribution in [2.24, 2.45) is 0 Å². The van der Waals surface area contributed by atoms with E-state index in [-0.39, 0.29) is 0 Å². The van der Waals surface area contributed by atoms with E-state index >= 15 is 0 Å². The van der Waals surface area contributed by atoms with E-state index in [2.05, 4.69) is 31.2 Å². The van der Waals surface area contributed by atoms with Gasteiger partial charge in [0.25, 0.3) is 0 Å². The molecule has 0 aliphatic rings. The zero-order valence-electron chi connectivity index (χ0n) is 9.14. The smallest absolute Gasteiger partial charge is 0.232 e. The second-order valence-electron chi connectivity index (χ2n) is 3.30. The summed E-state index contributed by atoms with van der Waals surface area (Å²) < 4.78 is 5.79. The lowest BCUT2D eigenvalue weighted by Crippen LogP contribution is -1.99. The van der Waals surface area contributed by atoms with E-state index in [0.717, 1.165) is 5.69 Å². The minimum atomic E-state index is 0.454. The van der Waals surface area contributed by atoms with Crippen LogP contribution in [-0.2, 0) is 0 Å². The standard InChI is InChI=1S/C11H11BrN4O/c1-17-10-9(12)6-14-11(16-10)15-8-4-2-3-7(13)5-8/h2-6H,13H2,1H3,(H,14,15,16). The predicted octanol–water partition coefficient (Wildman–Crippen LogP) is 2.57. The SMILES string of the molecule is COc1nc(Nc2cccc(N)c2)ncc1Br. The van der Waals surface area contributed by atoms with Crippen LogP contribution in [0.3, 0.4) is 0 Å². The van der Waals surface area contributed by atoms with Gasteiger partial charge in [0.15, 0.2) is 0 Å². The van der Waals surface area contributed by atoms with Gasteiger partial charge in [-0.2, -0.15) is 4.98 Å². The highest BCUT2D eigenvalue weighted by Crippen LogP contribution is 2.23. The summed E-state index contributed by atoms with van der Waals surface area (Å²) in [5.41, 5.74) is 7.19. The number of aromatic nitrogens is 2. The first-order chi connectivity index (χ1) is 8.19. The summed E-state index contributed by atoms with van der Waals surface area (Å²) in [6, 6.07) is 7.36. The number of hydrogen-bond donors (Lipinski definition) is 2. The molecule has 0 saturated carbocycles. The van der Waals surface area contributed by atoms with E-state index in [1.165, 1.54) is 0 Å². The van der Waals surface area contributed by atoms with Crippen molar-refractivity contribution in [3.8, 4) is 5.88 Å². The zero-order chi connectivity index (χ0) is 12.3. The number of benzene rings is 1. The van der Waals surface area contributed by atoms with Gasteiger partial charge in [0, 0.05) is 11.4 Å². The number of hydrogen-bond acceptors (Lipinski definition) is 5. The Labute approximate surface area is 107 Å². The van der Waals surface area contributed by atoms with Crippen LogP contribution in [0.4, 0.5) is 17.3 Å². The average molecular weight is 295 g/mol. The second kappa shape index (κ2) is 5.01. The molecule has 0 spiro atoms. The molecule has 1 aromatic heterocycles. The second-order valence-corrected chi connectivity index (χ2v) is 4.16. The Kier molecular flexibility index (Phi) is 3.43. The number of rotatable bonds is 3. The molecule has 0 unspecified atom stereocenters. The van der Waals surface area contributed by atoms with Gasteiger partial charge in [0.1, 0.15) is 0 Å². The van der Waals surface area contributed by atoms with Gasteiger partial charge < -0.3 is 15.8 Å². The monoisotopic (exact) mass is 294 g/mol. The van der Waals surface area contributed by atoms with Crippen LogP contribution >= 0.6 is 15.9 Å². The van der Waals surface area contributed by atoms with Crippen molar-refractivity contribution in [3.05, 3.63) is 34.9 Å². The maximum atomic E-state index is 5.68. The van der Waals surface area contributed by atoms with Crippen LogP contribution in [-0.4, -0.2) is 17.1 Å². The van der Waals surface area contributed by atoms with E-state index in [0.29, 0.717) is 22.0 Å². The number of halogens is 1. The Morgan fingerprint density at radius 3 is 2.94 bits per heavy atom. The van der Waals surface area contributed by atoms with Gasteiger partial charge >= 0.3 is 0 Å². The molecule has 0 fully saturated rings. The van der Waals surface area contributed by atoms with Gasteiger partial charge in [-0.15, -0.1) is 0 Å². The highest BCUT2D eigenvalue weighted by Gasteiger charge is 2.05. The predicted molar refractivity (Wildman–Crippen MR) is 70.4 cm³/mol. The zero-order valence-corrected chi connectivity index (χ0v) is 10.7. The van der Waals surface area contributed by atoms with Gasteiger partial charge in [0.05, 0.1) is 17.8 Å². The average Bonchev–Trinajstić information content (AvgIpc) is 2.32. The molecule has 0 amide bonds. The van der Waals surface area contributed by atoms with Crippen LogP contribution in [0.25, 0.3) is 0 Å². The van der Waals surface area contributed by atoms with Gasteiger partial charge in [-0.25, -0.2) is 4.98 Å². The molecule has 2 rings (SSSR count). The van der Waals surface area contributed by atoms with E-state index in [1.807, 2.05) is 18.2 Å². The molecule has 0 bridgehead atoms. The Balaban J connectivity index is 2.24. The summed E-state index contributed by atoms with van der Waals surface area (Å²) in [5, 5.41) is 3.04. The number of nitrogens with one attached hydrogen (secondary N) is 1. The molecule has 0 aliphatic heterocycles. The first-order valence-electron chi connectivity index (χ1n) is 4.88. The van der Waals surface area contributed by atoms with Crippen molar-refractivity contribution in [3.63, 3.8) is 0 Å². The molecule has 0 aliphatic carbocycles. The molecule has 0 atom stereocenters. The lowest BCUT2D eigenvalue weighted by molar-refractivity contribution is 0.394. The summed E-state index contributed by atoms with van der Waals surface area (Å²) in [7, 11) is 1.55. The molecule has 1 aromatic carbocycles. The normalized spacial score (nSPS) is 10.0. The lowest BCUT2D eigenvalue weighted by Gasteiger charge is -2.07. The van der Waals surface area contributed by atoms with Crippen LogP contribution < -0.4 is 15.8 Å². The molecule has 1 heterocycles. The fraction of sp³-hybridized carbons (Fsp3) is 0.0909. The minimum absolute atomic E-state index is 0.454. The number of nitrogens with two attached hydrogens (primary N) is 1. The van der Waals surface area contributed by atoms with Crippen molar-refractivity contribution in [1.82, 2.24) is 9.97 Å². The molecule has 88 valence electrons. The maximum absolute atomic E-state index is 5.68. The molecule has 5 nitrogen and oxygen atoms in total. The van der Waals surface area contributed by atoms with Crippen LogP contribution in [0.2, 0.25) is 0 Å². The van der Waals surface area contributed by atoms with E-state index < -0.39 is 0 Å². The summed E-state index contributed by atoms with van der Waals surface area (Å²) in [6.45, 7) is 0. The molecular weight excluding hydrogens is 284 g/mol. The first-order valence-corrected chi connectivity index (χ1v) is 5.67. The quantitative estimate of drug-likeness (QED) is 0.851. The minimum Gasteiger partial charge on any atom is -0.480 e. The van der Waals surface area contributed by atoms with E-state index in [9.17, 15) is 0 Å². The van der Waals surface area contributed by atoms with Crippen molar-refractivity contribution in [2.75, 3.05) is 18.2 Å². The third-order valence-corrected chi connectivity index (χ3v) is 2.59. The van der Waals surface area contributed by atoms with Crippen LogP contribution in [0.15, 0.2) is 34.9 Å². The Hall–Kier alpha value is -1.82. The Bertz CT molecular complexity index is 533. The largest absolute Gasteiger partial charge is 0.480 e. The van der Waals surface area contributed by atoms with Crippen molar-refractivity contribution >= 4 is 33.3 Å². The highest BCUT2D eigenvalue weighted by atomic mass is 79.9. The van der Waals surface area contributed by atoms with Crippen LogP contribution in [0.5, 0.6) is 5.88 Å². The summed E-state index contributed by atoms with van der Waals surface area (Å²) >= 11 is 3.29. The molecular formula is C11H11BrN4O.